The van der Waals surface area contributed by atoms with E-state index in [1.165, 1.54) is 12.1 Å². The molecule has 2 aromatic carbocycles. The molecule has 1 atom stereocenters. The molecule has 6 nitrogen and oxygen atoms in total. The molecule has 1 saturated heterocycles. The van der Waals surface area contributed by atoms with Crippen molar-refractivity contribution in [2.24, 2.45) is 5.10 Å². The third kappa shape index (κ3) is 4.78. The van der Waals surface area contributed by atoms with E-state index in [0.29, 0.717) is 13.0 Å². The second-order valence-electron chi connectivity index (χ2n) is 7.96. The first kappa shape index (κ1) is 21.5. The van der Waals surface area contributed by atoms with Crippen LogP contribution in [-0.4, -0.2) is 72.8 Å². The summed E-state index contributed by atoms with van der Waals surface area (Å²) in [4.78, 5) is 17.9. The van der Waals surface area contributed by atoms with Gasteiger partial charge in [-0.2, -0.15) is 5.10 Å². The fraction of sp³-hybridized carbons (Fsp3) is 0.417. The molecule has 0 spiro atoms. The van der Waals surface area contributed by atoms with Gasteiger partial charge in [-0.25, -0.2) is 9.40 Å². The highest BCUT2D eigenvalue weighted by molar-refractivity contribution is 6.03. The zero-order valence-electron chi connectivity index (χ0n) is 18.1. The number of methoxy groups -OCH3 is 1. The lowest BCUT2D eigenvalue weighted by Gasteiger charge is -2.34. The molecule has 0 N–H and O–H groups in total. The van der Waals surface area contributed by atoms with E-state index in [-0.39, 0.29) is 17.8 Å². The van der Waals surface area contributed by atoms with Crippen LogP contribution in [0.5, 0.6) is 5.75 Å². The summed E-state index contributed by atoms with van der Waals surface area (Å²) in [5.41, 5.74) is 2.53. The maximum absolute atomic E-state index is 13.4. The zero-order chi connectivity index (χ0) is 21.8. The van der Waals surface area contributed by atoms with E-state index < -0.39 is 0 Å². The number of halogens is 1. The molecule has 164 valence electrons. The number of benzene rings is 2. The number of hydrogen-bond acceptors (Lipinski definition) is 5. The monoisotopic (exact) mass is 424 g/mol. The van der Waals surface area contributed by atoms with Crippen molar-refractivity contribution in [3.05, 3.63) is 65.5 Å². The number of piperazine rings is 1. The van der Waals surface area contributed by atoms with E-state index in [9.17, 15) is 9.18 Å². The van der Waals surface area contributed by atoms with Crippen LogP contribution in [0.2, 0.25) is 0 Å². The van der Waals surface area contributed by atoms with Gasteiger partial charge < -0.3 is 9.64 Å². The molecule has 2 aromatic rings. The van der Waals surface area contributed by atoms with Crippen molar-refractivity contribution in [3.63, 3.8) is 0 Å². The van der Waals surface area contributed by atoms with Crippen LogP contribution in [0.4, 0.5) is 4.39 Å². The number of rotatable bonds is 6. The Labute approximate surface area is 182 Å². The lowest BCUT2D eigenvalue weighted by molar-refractivity contribution is -0.134. The van der Waals surface area contributed by atoms with Gasteiger partial charge in [-0.3, -0.25) is 9.69 Å². The van der Waals surface area contributed by atoms with Crippen LogP contribution in [0, 0.1) is 5.82 Å². The fourth-order valence-electron chi connectivity index (χ4n) is 4.27. The fourth-order valence-corrected chi connectivity index (χ4v) is 4.27. The largest absolute Gasteiger partial charge is 0.496 e. The number of ether oxygens (including phenoxy) is 1. The minimum Gasteiger partial charge on any atom is -0.496 e. The molecule has 2 aliphatic rings. The van der Waals surface area contributed by atoms with Crippen LogP contribution < -0.4 is 4.74 Å². The molecule has 0 aromatic heterocycles. The molecule has 4 rings (SSSR count). The standard InChI is InChI=1S/C24H29FN4O2/c1-3-27-12-14-28(15-13-27)17-24(30)29-22(20-6-4-5-7-23(20)31-2)16-21(26-29)18-8-10-19(25)11-9-18/h4-11,22H,3,12-17H2,1-2H3. The summed E-state index contributed by atoms with van der Waals surface area (Å²) >= 11 is 0. The SMILES string of the molecule is CCN1CCN(CC(=O)N2N=C(c3ccc(F)cc3)CC2c2ccccc2OC)CC1. The number of carbonyl (C=O) groups excluding carboxylic acids is 1. The minimum atomic E-state index is -0.289. The third-order valence-corrected chi connectivity index (χ3v) is 6.11. The van der Waals surface area contributed by atoms with Gasteiger partial charge in [0.05, 0.1) is 25.4 Å². The summed E-state index contributed by atoms with van der Waals surface area (Å²) in [6.45, 7) is 7.24. The van der Waals surface area contributed by atoms with Gasteiger partial charge in [-0.05, 0) is 30.3 Å². The van der Waals surface area contributed by atoms with Gasteiger partial charge in [0, 0.05) is 38.2 Å². The maximum atomic E-state index is 13.4. The zero-order valence-corrected chi connectivity index (χ0v) is 18.1. The molecule has 1 unspecified atom stereocenters. The quantitative estimate of drug-likeness (QED) is 0.715. The molecule has 0 aliphatic carbocycles. The number of hydrazone groups is 1. The summed E-state index contributed by atoms with van der Waals surface area (Å²) in [5.74, 6) is 0.415. The van der Waals surface area contributed by atoms with Crippen molar-refractivity contribution in [2.75, 3.05) is 46.4 Å². The van der Waals surface area contributed by atoms with Crippen molar-refractivity contribution < 1.29 is 13.9 Å². The van der Waals surface area contributed by atoms with E-state index in [4.69, 9.17) is 9.84 Å². The van der Waals surface area contributed by atoms with E-state index in [1.807, 2.05) is 24.3 Å². The molecular weight excluding hydrogens is 395 g/mol. The minimum absolute atomic E-state index is 0.0297. The van der Waals surface area contributed by atoms with Crippen LogP contribution in [0.1, 0.15) is 30.5 Å². The second kappa shape index (κ2) is 9.58. The summed E-state index contributed by atoms with van der Waals surface area (Å²) < 4.78 is 19.0. The topological polar surface area (TPSA) is 48.4 Å². The Morgan fingerprint density at radius 1 is 1.06 bits per heavy atom. The van der Waals surface area contributed by atoms with Crippen LogP contribution in [0.3, 0.4) is 0 Å². The molecule has 7 heteroatoms. The first-order valence-corrected chi connectivity index (χ1v) is 10.8. The number of nitrogens with zero attached hydrogens (tertiary/aromatic N) is 4. The highest BCUT2D eigenvalue weighted by Gasteiger charge is 2.35. The first-order valence-electron chi connectivity index (χ1n) is 10.8. The predicted molar refractivity (Wildman–Crippen MR) is 119 cm³/mol. The van der Waals surface area contributed by atoms with Gasteiger partial charge in [0.2, 0.25) is 0 Å². The summed E-state index contributed by atoms with van der Waals surface area (Å²) in [7, 11) is 1.63. The van der Waals surface area contributed by atoms with Crippen molar-refractivity contribution in [2.45, 2.75) is 19.4 Å². The van der Waals surface area contributed by atoms with E-state index >= 15 is 0 Å². The Morgan fingerprint density at radius 3 is 2.42 bits per heavy atom. The van der Waals surface area contributed by atoms with Crippen molar-refractivity contribution >= 4 is 11.6 Å². The van der Waals surface area contributed by atoms with E-state index in [1.54, 1.807) is 24.3 Å². The summed E-state index contributed by atoms with van der Waals surface area (Å²) in [6.07, 6.45) is 0.557. The molecule has 2 heterocycles. The molecular formula is C24H29FN4O2. The number of hydrogen-bond donors (Lipinski definition) is 0. The van der Waals surface area contributed by atoms with Gasteiger partial charge >= 0.3 is 0 Å². The number of likely N-dealkylation sites (N-methyl/N-ethyl adjacent to an activating group) is 1. The molecule has 0 radical (unpaired) electrons. The Kier molecular flexibility index (Phi) is 6.63. The van der Waals surface area contributed by atoms with Crippen LogP contribution in [0.15, 0.2) is 53.6 Å². The third-order valence-electron chi connectivity index (χ3n) is 6.11. The molecule has 1 fully saturated rings. The van der Waals surface area contributed by atoms with Crippen molar-refractivity contribution in [1.29, 1.82) is 0 Å². The number of carbonyl (C=O) groups is 1. The maximum Gasteiger partial charge on any atom is 0.257 e. The lowest BCUT2D eigenvalue weighted by Crippen LogP contribution is -2.49. The average Bonchev–Trinajstić information content (AvgIpc) is 3.25. The van der Waals surface area contributed by atoms with Crippen molar-refractivity contribution in [3.8, 4) is 5.75 Å². The Bertz CT molecular complexity index is 939. The summed E-state index contributed by atoms with van der Waals surface area (Å²) in [5, 5.41) is 6.30. The van der Waals surface area contributed by atoms with E-state index in [0.717, 1.165) is 55.3 Å². The molecule has 2 aliphatic heterocycles. The van der Waals surface area contributed by atoms with Crippen LogP contribution in [-0.2, 0) is 4.79 Å². The van der Waals surface area contributed by atoms with Gasteiger partial charge in [0.15, 0.2) is 0 Å². The lowest BCUT2D eigenvalue weighted by atomic mass is 9.97. The molecule has 0 saturated carbocycles. The van der Waals surface area contributed by atoms with E-state index in [2.05, 4.69) is 16.7 Å². The smallest absolute Gasteiger partial charge is 0.257 e. The average molecular weight is 425 g/mol. The number of amides is 1. The predicted octanol–water partition coefficient (Wildman–Crippen LogP) is 3.15. The Morgan fingerprint density at radius 2 is 1.74 bits per heavy atom. The molecule has 0 bridgehead atoms. The Hall–Kier alpha value is -2.77. The van der Waals surface area contributed by atoms with Crippen LogP contribution >= 0.6 is 0 Å². The highest BCUT2D eigenvalue weighted by atomic mass is 19.1. The van der Waals surface area contributed by atoms with Gasteiger partial charge in [-0.1, -0.05) is 37.3 Å². The molecule has 31 heavy (non-hydrogen) atoms. The van der Waals surface area contributed by atoms with Crippen molar-refractivity contribution in [1.82, 2.24) is 14.8 Å². The van der Waals surface area contributed by atoms with Gasteiger partial charge in [0.25, 0.3) is 5.91 Å². The first-order chi connectivity index (χ1) is 15.1. The Balaban J connectivity index is 1.58. The van der Waals surface area contributed by atoms with Gasteiger partial charge in [0.1, 0.15) is 11.6 Å². The van der Waals surface area contributed by atoms with Gasteiger partial charge in [-0.15, -0.1) is 0 Å². The van der Waals surface area contributed by atoms with Crippen LogP contribution in [0.25, 0.3) is 0 Å². The highest BCUT2D eigenvalue weighted by Crippen LogP contribution is 2.37. The summed E-state index contributed by atoms with van der Waals surface area (Å²) in [6, 6.07) is 13.8. The normalized spacial score (nSPS) is 20.0. The second-order valence-corrected chi connectivity index (χ2v) is 7.96. The molecule has 1 amide bonds. The number of para-hydroxylation sites is 1.